The Hall–Kier alpha value is -3.56. The molecule has 0 heterocycles. The van der Waals surface area contributed by atoms with E-state index in [1.807, 2.05) is 30.3 Å². The predicted molar refractivity (Wildman–Crippen MR) is 125 cm³/mol. The summed E-state index contributed by atoms with van der Waals surface area (Å²) in [6, 6.07) is 19.0. The summed E-state index contributed by atoms with van der Waals surface area (Å²) in [6.45, 7) is 0. The van der Waals surface area contributed by atoms with E-state index < -0.39 is 22.0 Å². The third kappa shape index (κ3) is 6.24. The number of amides is 1. The van der Waals surface area contributed by atoms with Crippen molar-refractivity contribution in [1.82, 2.24) is 4.72 Å². The monoisotopic (exact) mass is 470 g/mol. The van der Waals surface area contributed by atoms with Crippen molar-refractivity contribution in [3.63, 3.8) is 0 Å². The zero-order valence-electron chi connectivity index (χ0n) is 18.6. The molecule has 0 radical (unpaired) electrons. The van der Waals surface area contributed by atoms with Gasteiger partial charge < -0.3 is 19.5 Å². The molecule has 1 amide bonds. The molecule has 0 saturated carbocycles. The van der Waals surface area contributed by atoms with Gasteiger partial charge in [0, 0.05) is 6.07 Å². The molecule has 0 saturated heterocycles. The Balaban J connectivity index is 1.90. The highest BCUT2D eigenvalue weighted by molar-refractivity contribution is 7.89. The van der Waals surface area contributed by atoms with Crippen molar-refractivity contribution in [3.8, 4) is 17.2 Å². The first kappa shape index (κ1) is 24.1. The van der Waals surface area contributed by atoms with Crippen LogP contribution in [0.1, 0.15) is 5.56 Å². The fraction of sp³-hybridized carbons (Fsp3) is 0.208. The van der Waals surface area contributed by atoms with Gasteiger partial charge in [-0.3, -0.25) is 4.79 Å². The highest BCUT2D eigenvalue weighted by Crippen LogP contribution is 2.29. The molecule has 0 aliphatic carbocycles. The summed E-state index contributed by atoms with van der Waals surface area (Å²) < 4.78 is 44.2. The zero-order valence-corrected chi connectivity index (χ0v) is 19.4. The molecule has 0 aromatic heterocycles. The number of methoxy groups -OCH3 is 3. The second-order valence-electron chi connectivity index (χ2n) is 7.09. The van der Waals surface area contributed by atoms with E-state index in [1.54, 1.807) is 30.3 Å². The van der Waals surface area contributed by atoms with Crippen LogP contribution in [-0.2, 0) is 21.2 Å². The van der Waals surface area contributed by atoms with Gasteiger partial charge in [0.15, 0.2) is 0 Å². The molecular formula is C24H26N2O6S. The predicted octanol–water partition coefficient (Wildman–Crippen LogP) is 3.24. The fourth-order valence-corrected chi connectivity index (χ4v) is 4.37. The van der Waals surface area contributed by atoms with E-state index in [2.05, 4.69) is 10.0 Å². The molecule has 33 heavy (non-hydrogen) atoms. The Morgan fingerprint density at radius 1 is 0.848 bits per heavy atom. The number of nitrogens with one attached hydrogen (secondary N) is 2. The van der Waals surface area contributed by atoms with Crippen LogP contribution >= 0.6 is 0 Å². The van der Waals surface area contributed by atoms with Gasteiger partial charge in [0.25, 0.3) is 0 Å². The van der Waals surface area contributed by atoms with Crippen molar-refractivity contribution in [1.29, 1.82) is 0 Å². The van der Waals surface area contributed by atoms with Crippen LogP contribution in [-0.4, -0.2) is 41.7 Å². The smallest absolute Gasteiger partial charge is 0.243 e. The molecule has 9 heteroatoms. The van der Waals surface area contributed by atoms with E-state index in [-0.39, 0.29) is 11.3 Å². The number of hydrogen-bond acceptors (Lipinski definition) is 6. The average Bonchev–Trinajstić information content (AvgIpc) is 2.84. The van der Waals surface area contributed by atoms with Crippen LogP contribution < -0.4 is 24.2 Å². The summed E-state index contributed by atoms with van der Waals surface area (Å²) in [5.41, 5.74) is 1.16. The zero-order chi connectivity index (χ0) is 23.8. The van der Waals surface area contributed by atoms with E-state index in [1.165, 1.54) is 33.5 Å². The minimum atomic E-state index is -3.99. The van der Waals surface area contributed by atoms with Gasteiger partial charge in [0.1, 0.15) is 23.3 Å². The Morgan fingerprint density at radius 2 is 1.48 bits per heavy atom. The highest BCUT2D eigenvalue weighted by Gasteiger charge is 2.27. The molecule has 1 unspecified atom stereocenters. The van der Waals surface area contributed by atoms with Gasteiger partial charge in [-0.25, -0.2) is 8.42 Å². The number of carbonyl (C=O) groups is 1. The minimum absolute atomic E-state index is 0.0214. The Morgan fingerprint density at radius 3 is 2.09 bits per heavy atom. The lowest BCUT2D eigenvalue weighted by atomic mass is 10.1. The van der Waals surface area contributed by atoms with Crippen LogP contribution in [0.3, 0.4) is 0 Å². The summed E-state index contributed by atoms with van der Waals surface area (Å²) >= 11 is 0. The number of anilines is 1. The number of carbonyl (C=O) groups excluding carboxylic acids is 1. The molecule has 3 aromatic rings. The maximum absolute atomic E-state index is 13.2. The van der Waals surface area contributed by atoms with Gasteiger partial charge in [-0.2, -0.15) is 4.72 Å². The van der Waals surface area contributed by atoms with Crippen molar-refractivity contribution in [2.75, 3.05) is 26.6 Å². The first-order valence-corrected chi connectivity index (χ1v) is 11.6. The van der Waals surface area contributed by atoms with E-state index in [9.17, 15) is 13.2 Å². The van der Waals surface area contributed by atoms with Gasteiger partial charge in [0.2, 0.25) is 15.9 Å². The number of sulfonamides is 1. The summed E-state index contributed by atoms with van der Waals surface area (Å²) in [4.78, 5) is 13.3. The standard InChI is InChI=1S/C24H26N2O6S/c1-30-18-9-12-20(13-10-18)33(28,29)26-22(15-17-7-5-4-6-8-17)24(27)25-21-16-19(31-2)11-14-23(21)32-3/h4-14,16,22,26H,15H2,1-3H3,(H,25,27). The van der Waals surface area contributed by atoms with Crippen molar-refractivity contribution in [2.24, 2.45) is 0 Å². The molecular weight excluding hydrogens is 444 g/mol. The van der Waals surface area contributed by atoms with Crippen LogP contribution in [0.25, 0.3) is 0 Å². The normalized spacial score (nSPS) is 12.0. The van der Waals surface area contributed by atoms with Crippen LogP contribution in [0.4, 0.5) is 5.69 Å². The first-order valence-electron chi connectivity index (χ1n) is 10.1. The van der Waals surface area contributed by atoms with Crippen molar-refractivity contribution >= 4 is 21.6 Å². The van der Waals surface area contributed by atoms with Crippen molar-refractivity contribution < 1.29 is 27.4 Å². The Kier molecular flexibility index (Phi) is 7.92. The number of rotatable bonds is 10. The highest BCUT2D eigenvalue weighted by atomic mass is 32.2. The molecule has 0 spiro atoms. The summed E-state index contributed by atoms with van der Waals surface area (Å²) in [5.74, 6) is 0.922. The average molecular weight is 471 g/mol. The summed E-state index contributed by atoms with van der Waals surface area (Å²) in [5, 5.41) is 2.76. The number of ether oxygens (including phenoxy) is 3. The molecule has 174 valence electrons. The number of hydrogen-bond donors (Lipinski definition) is 2. The second-order valence-corrected chi connectivity index (χ2v) is 8.81. The van der Waals surface area contributed by atoms with E-state index in [4.69, 9.17) is 14.2 Å². The maximum atomic E-state index is 13.2. The Bertz CT molecular complexity index is 1180. The Labute approximate surface area is 193 Å². The lowest BCUT2D eigenvalue weighted by Gasteiger charge is -2.20. The van der Waals surface area contributed by atoms with Crippen molar-refractivity contribution in [3.05, 3.63) is 78.4 Å². The largest absolute Gasteiger partial charge is 0.497 e. The van der Waals surface area contributed by atoms with Crippen LogP contribution in [0.2, 0.25) is 0 Å². The number of benzene rings is 3. The van der Waals surface area contributed by atoms with Crippen LogP contribution in [0.5, 0.6) is 17.2 Å². The molecule has 3 rings (SSSR count). The molecule has 3 aromatic carbocycles. The molecule has 0 aliphatic rings. The SMILES string of the molecule is COc1ccc(S(=O)(=O)NC(Cc2ccccc2)C(=O)Nc2cc(OC)ccc2OC)cc1. The summed E-state index contributed by atoms with van der Waals surface area (Å²) in [7, 11) is 0.488. The van der Waals surface area contributed by atoms with Gasteiger partial charge in [-0.15, -0.1) is 0 Å². The molecule has 0 bridgehead atoms. The van der Waals surface area contributed by atoms with E-state index in [0.29, 0.717) is 22.9 Å². The van der Waals surface area contributed by atoms with Gasteiger partial charge in [-0.1, -0.05) is 30.3 Å². The van der Waals surface area contributed by atoms with Gasteiger partial charge in [-0.05, 0) is 48.4 Å². The van der Waals surface area contributed by atoms with Crippen LogP contribution in [0.15, 0.2) is 77.7 Å². The van der Waals surface area contributed by atoms with Gasteiger partial charge >= 0.3 is 0 Å². The molecule has 8 nitrogen and oxygen atoms in total. The van der Waals surface area contributed by atoms with Crippen molar-refractivity contribution in [2.45, 2.75) is 17.4 Å². The quantitative estimate of drug-likeness (QED) is 0.472. The van der Waals surface area contributed by atoms with E-state index >= 15 is 0 Å². The lowest BCUT2D eigenvalue weighted by Crippen LogP contribution is -2.45. The lowest BCUT2D eigenvalue weighted by molar-refractivity contribution is -0.117. The second kappa shape index (κ2) is 10.8. The third-order valence-electron chi connectivity index (χ3n) is 4.93. The van der Waals surface area contributed by atoms with Gasteiger partial charge in [0.05, 0.1) is 31.9 Å². The maximum Gasteiger partial charge on any atom is 0.243 e. The minimum Gasteiger partial charge on any atom is -0.497 e. The third-order valence-corrected chi connectivity index (χ3v) is 6.42. The molecule has 1 atom stereocenters. The molecule has 0 aliphatic heterocycles. The molecule has 2 N–H and O–H groups in total. The first-order chi connectivity index (χ1) is 15.9. The van der Waals surface area contributed by atoms with Crippen LogP contribution in [0, 0.1) is 0 Å². The molecule has 0 fully saturated rings. The van der Waals surface area contributed by atoms with E-state index in [0.717, 1.165) is 5.56 Å². The summed E-state index contributed by atoms with van der Waals surface area (Å²) in [6.07, 6.45) is 0.147. The fourth-order valence-electron chi connectivity index (χ4n) is 3.18. The topological polar surface area (TPSA) is 103 Å².